The van der Waals surface area contributed by atoms with E-state index in [0.29, 0.717) is 46.6 Å². The molecule has 0 fully saturated rings. The van der Waals surface area contributed by atoms with Crippen LogP contribution in [-0.2, 0) is 23.5 Å². The van der Waals surface area contributed by atoms with Crippen LogP contribution < -0.4 is 9.46 Å². The van der Waals surface area contributed by atoms with Gasteiger partial charge in [0, 0.05) is 30.4 Å². The molecule has 3 rings (SSSR count). The number of rotatable bonds is 6. The Morgan fingerprint density at radius 2 is 1.85 bits per heavy atom. The van der Waals surface area contributed by atoms with Crippen molar-refractivity contribution in [2.24, 2.45) is 7.05 Å². The van der Waals surface area contributed by atoms with E-state index >= 15 is 0 Å². The number of hydrogen-bond acceptors (Lipinski definition) is 6. The van der Waals surface area contributed by atoms with Crippen LogP contribution in [-0.4, -0.2) is 30.3 Å². The smallest absolute Gasteiger partial charge is 0.264 e. The molecule has 0 saturated carbocycles. The third-order valence-corrected chi connectivity index (χ3v) is 6.09. The van der Waals surface area contributed by atoms with Crippen molar-refractivity contribution in [3.63, 3.8) is 0 Å². The van der Waals surface area contributed by atoms with Crippen LogP contribution in [0.5, 0.6) is 5.75 Å². The molecule has 2 heterocycles. The first-order chi connectivity index (χ1) is 12.8. The molecule has 0 atom stereocenters. The lowest BCUT2D eigenvalue weighted by Crippen LogP contribution is -2.14. The zero-order valence-corrected chi connectivity index (χ0v) is 16.7. The summed E-state index contributed by atoms with van der Waals surface area (Å²) in [5.74, 6) is 1.46. The summed E-state index contributed by atoms with van der Waals surface area (Å²) >= 11 is 0. The first-order valence-electron chi connectivity index (χ1n) is 8.44. The Morgan fingerprint density at radius 1 is 1.19 bits per heavy atom. The minimum atomic E-state index is -3.80. The molecule has 9 heteroatoms. The maximum absolute atomic E-state index is 13.0. The van der Waals surface area contributed by atoms with E-state index in [9.17, 15) is 8.42 Å². The third-order valence-electron chi connectivity index (χ3n) is 4.45. The van der Waals surface area contributed by atoms with E-state index in [1.54, 1.807) is 56.8 Å². The summed E-state index contributed by atoms with van der Waals surface area (Å²) in [4.78, 5) is 0.201. The summed E-state index contributed by atoms with van der Waals surface area (Å²) in [7, 11) is -0.472. The van der Waals surface area contributed by atoms with Crippen LogP contribution in [0.1, 0.15) is 24.1 Å². The molecule has 1 N–H and O–H groups in total. The number of methoxy groups -OCH3 is 1. The minimum Gasteiger partial charge on any atom is -0.497 e. The van der Waals surface area contributed by atoms with Crippen molar-refractivity contribution in [2.75, 3.05) is 11.8 Å². The van der Waals surface area contributed by atoms with E-state index in [2.05, 4.69) is 14.9 Å². The lowest BCUT2D eigenvalue weighted by Gasteiger charge is -2.10. The molecule has 0 aliphatic rings. The van der Waals surface area contributed by atoms with Crippen molar-refractivity contribution >= 4 is 15.7 Å². The highest BCUT2D eigenvalue weighted by Crippen LogP contribution is 2.33. The largest absolute Gasteiger partial charge is 0.497 e. The number of aryl methyl sites for hydroxylation is 1. The number of anilines is 1. The predicted octanol–water partition coefficient (Wildman–Crippen LogP) is 3.06. The quantitative estimate of drug-likeness (QED) is 0.694. The molecule has 27 heavy (non-hydrogen) atoms. The van der Waals surface area contributed by atoms with Crippen LogP contribution in [0.4, 0.5) is 5.69 Å². The van der Waals surface area contributed by atoms with Gasteiger partial charge in [-0.1, -0.05) is 6.92 Å². The Labute approximate surface area is 158 Å². The molecule has 0 bridgehead atoms. The van der Waals surface area contributed by atoms with Gasteiger partial charge in [0.15, 0.2) is 0 Å². The molecular formula is C18H22N4O4S. The Hall–Kier alpha value is -2.81. The second-order valence-corrected chi connectivity index (χ2v) is 7.75. The monoisotopic (exact) mass is 390 g/mol. The van der Waals surface area contributed by atoms with Gasteiger partial charge < -0.3 is 13.7 Å². The maximum Gasteiger partial charge on any atom is 0.264 e. The highest BCUT2D eigenvalue weighted by Gasteiger charge is 2.29. The number of nitrogens with zero attached hydrogens (tertiary/aromatic N) is 3. The highest BCUT2D eigenvalue weighted by atomic mass is 32.2. The molecule has 0 aliphatic heterocycles. The molecule has 0 aliphatic carbocycles. The average Bonchev–Trinajstić information content (AvgIpc) is 3.18. The Morgan fingerprint density at radius 3 is 2.41 bits per heavy atom. The first-order valence-corrected chi connectivity index (χ1v) is 9.92. The van der Waals surface area contributed by atoms with Gasteiger partial charge in [0.25, 0.3) is 15.9 Å². The van der Waals surface area contributed by atoms with Gasteiger partial charge in [-0.3, -0.25) is 4.72 Å². The highest BCUT2D eigenvalue weighted by molar-refractivity contribution is 7.92. The van der Waals surface area contributed by atoms with Crippen molar-refractivity contribution in [2.45, 2.75) is 32.1 Å². The molecule has 0 radical (unpaired) electrons. The average molecular weight is 390 g/mol. The van der Waals surface area contributed by atoms with E-state index in [-0.39, 0.29) is 4.90 Å². The number of nitrogens with one attached hydrogen (secondary N) is 1. The van der Waals surface area contributed by atoms with Gasteiger partial charge in [-0.2, -0.15) is 0 Å². The Bertz CT molecular complexity index is 1070. The molecule has 0 amide bonds. The van der Waals surface area contributed by atoms with E-state index < -0.39 is 10.0 Å². The van der Waals surface area contributed by atoms with Crippen molar-refractivity contribution in [3.8, 4) is 17.3 Å². The topological polar surface area (TPSA) is 99.3 Å². The van der Waals surface area contributed by atoms with Gasteiger partial charge in [-0.25, -0.2) is 8.42 Å². The SMILES string of the molecule is CCc1nnc(-c2c(C)c(S(=O)(=O)Nc3ccc(OC)cc3)c(C)n2C)o1. The molecule has 0 saturated heterocycles. The van der Waals surface area contributed by atoms with Crippen molar-refractivity contribution in [3.05, 3.63) is 41.4 Å². The fourth-order valence-electron chi connectivity index (χ4n) is 3.01. The van der Waals surface area contributed by atoms with Crippen LogP contribution in [0.3, 0.4) is 0 Å². The number of aromatic nitrogens is 3. The number of sulfonamides is 1. The summed E-state index contributed by atoms with van der Waals surface area (Å²) in [6.07, 6.45) is 0.611. The van der Waals surface area contributed by atoms with E-state index in [1.807, 2.05) is 6.92 Å². The Kier molecular flexibility index (Phi) is 4.97. The molecule has 144 valence electrons. The zero-order valence-electron chi connectivity index (χ0n) is 15.9. The molecule has 0 unspecified atom stereocenters. The van der Waals surface area contributed by atoms with E-state index in [1.165, 1.54) is 0 Å². The second kappa shape index (κ2) is 7.07. The summed E-state index contributed by atoms with van der Waals surface area (Å²) in [6, 6.07) is 6.68. The summed E-state index contributed by atoms with van der Waals surface area (Å²) in [6.45, 7) is 5.39. The van der Waals surface area contributed by atoms with Gasteiger partial charge in [-0.15, -0.1) is 10.2 Å². The fourth-order valence-corrected chi connectivity index (χ4v) is 4.58. The van der Waals surface area contributed by atoms with E-state index in [4.69, 9.17) is 9.15 Å². The van der Waals surface area contributed by atoms with E-state index in [0.717, 1.165) is 0 Å². The first kappa shape index (κ1) is 19.0. The van der Waals surface area contributed by atoms with Crippen LogP contribution in [0, 0.1) is 13.8 Å². The van der Waals surface area contributed by atoms with Crippen LogP contribution in [0.25, 0.3) is 11.6 Å². The Balaban J connectivity index is 2.03. The van der Waals surface area contributed by atoms with Gasteiger partial charge in [0.1, 0.15) is 16.3 Å². The molecule has 2 aromatic heterocycles. The van der Waals surface area contributed by atoms with Crippen LogP contribution in [0.15, 0.2) is 33.6 Å². The van der Waals surface area contributed by atoms with Gasteiger partial charge >= 0.3 is 0 Å². The summed E-state index contributed by atoms with van der Waals surface area (Å²) in [5, 5.41) is 8.02. The number of hydrogen-bond donors (Lipinski definition) is 1. The molecule has 8 nitrogen and oxygen atoms in total. The van der Waals surface area contributed by atoms with Crippen LogP contribution in [0.2, 0.25) is 0 Å². The number of ether oxygens (including phenoxy) is 1. The zero-order chi connectivity index (χ0) is 19.8. The van der Waals surface area contributed by atoms with Crippen molar-refractivity contribution in [1.29, 1.82) is 0 Å². The maximum atomic E-state index is 13.0. The van der Waals surface area contributed by atoms with Gasteiger partial charge in [0.2, 0.25) is 5.89 Å². The second-order valence-electron chi connectivity index (χ2n) is 6.14. The summed E-state index contributed by atoms with van der Waals surface area (Å²) < 4.78 is 41.2. The minimum absolute atomic E-state index is 0.201. The molecule has 0 spiro atoms. The van der Waals surface area contributed by atoms with Crippen molar-refractivity contribution < 1.29 is 17.6 Å². The molecule has 3 aromatic rings. The van der Waals surface area contributed by atoms with Gasteiger partial charge in [0.05, 0.1) is 7.11 Å². The van der Waals surface area contributed by atoms with Crippen molar-refractivity contribution in [1.82, 2.24) is 14.8 Å². The lowest BCUT2D eigenvalue weighted by atomic mass is 10.2. The normalized spacial score (nSPS) is 11.6. The van der Waals surface area contributed by atoms with Gasteiger partial charge in [-0.05, 0) is 38.1 Å². The predicted molar refractivity (Wildman–Crippen MR) is 101 cm³/mol. The third kappa shape index (κ3) is 3.42. The standard InChI is InChI=1S/C18H22N4O4S/c1-6-15-19-20-18(26-15)16-11(2)17(12(3)22(16)4)27(23,24)21-13-7-9-14(25-5)10-8-13/h7-10,21H,6H2,1-5H3. The van der Waals surface area contributed by atoms with Crippen LogP contribution >= 0.6 is 0 Å². The lowest BCUT2D eigenvalue weighted by molar-refractivity contribution is 0.415. The molecular weight excluding hydrogens is 368 g/mol. The fraction of sp³-hybridized carbons (Fsp3) is 0.333. The molecule has 1 aromatic carbocycles. The summed E-state index contributed by atoms with van der Waals surface area (Å²) in [5.41, 5.74) is 2.18. The number of benzene rings is 1.